The lowest BCUT2D eigenvalue weighted by molar-refractivity contribution is 0.341. The van der Waals surface area contributed by atoms with E-state index in [4.69, 9.17) is 0 Å². The van der Waals surface area contributed by atoms with E-state index in [1.54, 1.807) is 12.1 Å². The number of nitriles is 1. The van der Waals surface area contributed by atoms with Gasteiger partial charge in [0.05, 0.1) is 6.17 Å². The maximum absolute atomic E-state index is 13.1. The number of nitrogens with zero attached hydrogens (tertiary/aromatic N) is 2. The number of sulfone groups is 1. The lowest BCUT2D eigenvalue weighted by Gasteiger charge is -2.09. The second-order valence-electron chi connectivity index (χ2n) is 5.49. The number of allylic oxidation sites excluding steroid dienone is 1. The number of pyridine rings is 1. The first kappa shape index (κ1) is 18.6. The minimum absolute atomic E-state index is 0.00949. The maximum Gasteiger partial charge on any atom is 0.233 e. The number of aromatic hydroxyl groups is 1. The summed E-state index contributed by atoms with van der Waals surface area (Å²) in [7, 11) is -4.06. The molecule has 2 rings (SSSR count). The SMILES string of the molecule is CC(F)CCc1cc(O)ccc1C=C(C#N)S(=O)(=O)c1ccccn1. The normalized spacial score (nSPS) is 13.2. The Kier molecular flexibility index (Phi) is 5.88. The van der Waals surface area contributed by atoms with Gasteiger partial charge >= 0.3 is 0 Å². The summed E-state index contributed by atoms with van der Waals surface area (Å²) >= 11 is 0. The van der Waals surface area contributed by atoms with Gasteiger partial charge in [-0.1, -0.05) is 12.1 Å². The van der Waals surface area contributed by atoms with Gasteiger partial charge in [-0.25, -0.2) is 17.8 Å². The van der Waals surface area contributed by atoms with Crippen molar-refractivity contribution in [3.63, 3.8) is 0 Å². The van der Waals surface area contributed by atoms with Crippen LogP contribution in [0.25, 0.3) is 6.08 Å². The molecule has 0 saturated heterocycles. The third-order valence-electron chi connectivity index (χ3n) is 3.54. The Bertz CT molecular complexity index is 917. The Balaban J connectivity index is 2.48. The molecule has 0 fully saturated rings. The van der Waals surface area contributed by atoms with E-state index in [9.17, 15) is 23.2 Å². The summed E-state index contributed by atoms with van der Waals surface area (Å²) in [6.07, 6.45) is 2.05. The largest absolute Gasteiger partial charge is 0.508 e. The zero-order valence-corrected chi connectivity index (χ0v) is 14.4. The quantitative estimate of drug-likeness (QED) is 0.797. The van der Waals surface area contributed by atoms with Crippen LogP contribution in [0.2, 0.25) is 0 Å². The van der Waals surface area contributed by atoms with Crippen molar-refractivity contribution in [3.8, 4) is 11.8 Å². The average molecular weight is 360 g/mol. The minimum Gasteiger partial charge on any atom is -0.508 e. The topological polar surface area (TPSA) is 91.0 Å². The van der Waals surface area contributed by atoms with Crippen molar-refractivity contribution < 1.29 is 17.9 Å². The molecule has 0 aliphatic heterocycles. The van der Waals surface area contributed by atoms with Gasteiger partial charge in [-0.3, -0.25) is 0 Å². The zero-order chi connectivity index (χ0) is 18.4. The Hall–Kier alpha value is -2.72. The van der Waals surface area contributed by atoms with Gasteiger partial charge in [0.1, 0.15) is 11.8 Å². The fourth-order valence-electron chi connectivity index (χ4n) is 2.23. The van der Waals surface area contributed by atoms with E-state index in [1.807, 2.05) is 0 Å². The molecule has 0 aliphatic rings. The highest BCUT2D eigenvalue weighted by Crippen LogP contribution is 2.24. The lowest BCUT2D eigenvalue weighted by Crippen LogP contribution is -2.06. The molecule has 130 valence electrons. The van der Waals surface area contributed by atoms with Gasteiger partial charge in [-0.15, -0.1) is 0 Å². The van der Waals surface area contributed by atoms with Gasteiger partial charge in [0.15, 0.2) is 9.93 Å². The van der Waals surface area contributed by atoms with Crippen molar-refractivity contribution >= 4 is 15.9 Å². The molecular weight excluding hydrogens is 343 g/mol. The predicted molar refractivity (Wildman–Crippen MR) is 92.0 cm³/mol. The Morgan fingerprint density at radius 2 is 2.16 bits per heavy atom. The number of rotatable bonds is 6. The molecule has 0 bridgehead atoms. The third kappa shape index (κ3) is 4.64. The van der Waals surface area contributed by atoms with Crippen molar-refractivity contribution in [3.05, 3.63) is 58.6 Å². The molecule has 1 aromatic carbocycles. The molecule has 7 heteroatoms. The number of alkyl halides is 1. The molecule has 0 saturated carbocycles. The van der Waals surface area contributed by atoms with Crippen LogP contribution in [-0.2, 0) is 16.3 Å². The number of phenols is 1. The van der Waals surface area contributed by atoms with Crippen molar-refractivity contribution in [1.29, 1.82) is 5.26 Å². The highest BCUT2D eigenvalue weighted by Gasteiger charge is 2.22. The lowest BCUT2D eigenvalue weighted by atomic mass is 10.0. The Morgan fingerprint density at radius 1 is 1.40 bits per heavy atom. The molecule has 0 spiro atoms. The second-order valence-corrected chi connectivity index (χ2v) is 7.36. The van der Waals surface area contributed by atoms with Crippen LogP contribution in [0.15, 0.2) is 52.5 Å². The third-order valence-corrected chi connectivity index (χ3v) is 5.12. The van der Waals surface area contributed by atoms with Crippen LogP contribution in [-0.4, -0.2) is 24.7 Å². The van der Waals surface area contributed by atoms with Crippen LogP contribution >= 0.6 is 0 Å². The highest BCUT2D eigenvalue weighted by atomic mass is 32.2. The fraction of sp³-hybridized carbons (Fsp3) is 0.222. The number of phenolic OH excluding ortho intramolecular Hbond substituents is 1. The number of halogens is 1. The molecule has 0 amide bonds. The summed E-state index contributed by atoms with van der Waals surface area (Å²) < 4.78 is 38.2. The van der Waals surface area contributed by atoms with Crippen molar-refractivity contribution in [1.82, 2.24) is 4.98 Å². The first-order valence-corrected chi connectivity index (χ1v) is 9.07. The van der Waals surface area contributed by atoms with Gasteiger partial charge in [-0.05, 0) is 61.2 Å². The average Bonchev–Trinajstić information content (AvgIpc) is 2.59. The summed E-state index contributed by atoms with van der Waals surface area (Å²) in [6, 6.07) is 10.4. The summed E-state index contributed by atoms with van der Waals surface area (Å²) in [4.78, 5) is 3.32. The summed E-state index contributed by atoms with van der Waals surface area (Å²) in [5, 5.41) is 18.7. The molecule has 1 heterocycles. The van der Waals surface area contributed by atoms with E-state index >= 15 is 0 Å². The molecular formula is C18H17FN2O3S. The van der Waals surface area contributed by atoms with Gasteiger partial charge < -0.3 is 5.11 Å². The number of hydrogen-bond acceptors (Lipinski definition) is 5. The molecule has 5 nitrogen and oxygen atoms in total. The molecule has 0 radical (unpaired) electrons. The molecule has 1 unspecified atom stereocenters. The standard InChI is InChI=1S/C18H17FN2O3S/c1-13(19)5-6-14-10-16(22)8-7-15(14)11-17(12-20)25(23,24)18-4-2-3-9-21-18/h2-4,7-11,13,22H,5-6H2,1H3. The Labute approximate surface area is 146 Å². The monoisotopic (exact) mass is 360 g/mol. The van der Waals surface area contributed by atoms with E-state index < -0.39 is 20.9 Å². The number of aryl methyl sites for hydroxylation is 1. The summed E-state index contributed by atoms with van der Waals surface area (Å²) in [6.45, 7) is 1.42. The van der Waals surface area contributed by atoms with E-state index in [0.29, 0.717) is 17.5 Å². The summed E-state index contributed by atoms with van der Waals surface area (Å²) in [5.41, 5.74) is 1.00. The first-order valence-electron chi connectivity index (χ1n) is 7.58. The molecule has 1 atom stereocenters. The van der Waals surface area contributed by atoms with Crippen LogP contribution in [0.1, 0.15) is 24.5 Å². The minimum atomic E-state index is -4.06. The number of hydrogen-bond donors (Lipinski definition) is 1. The first-order chi connectivity index (χ1) is 11.8. The van der Waals surface area contributed by atoms with Gasteiger partial charge in [0.25, 0.3) is 0 Å². The van der Waals surface area contributed by atoms with Gasteiger partial charge in [-0.2, -0.15) is 5.26 Å². The van der Waals surface area contributed by atoms with Crippen LogP contribution in [0, 0.1) is 11.3 Å². The van der Waals surface area contributed by atoms with E-state index in [-0.39, 0.29) is 17.2 Å². The number of aromatic nitrogens is 1. The van der Waals surface area contributed by atoms with Crippen LogP contribution in [0.4, 0.5) is 4.39 Å². The fourth-order valence-corrected chi connectivity index (χ4v) is 3.32. The van der Waals surface area contributed by atoms with Crippen LogP contribution in [0.5, 0.6) is 5.75 Å². The maximum atomic E-state index is 13.1. The molecule has 1 aromatic heterocycles. The molecule has 25 heavy (non-hydrogen) atoms. The van der Waals surface area contributed by atoms with Gasteiger partial charge in [0, 0.05) is 6.20 Å². The smallest absolute Gasteiger partial charge is 0.233 e. The number of benzene rings is 1. The molecule has 0 aliphatic carbocycles. The van der Waals surface area contributed by atoms with E-state index in [0.717, 1.165) is 0 Å². The van der Waals surface area contributed by atoms with Crippen LogP contribution in [0.3, 0.4) is 0 Å². The van der Waals surface area contributed by atoms with E-state index in [1.165, 1.54) is 49.5 Å². The molecule has 1 N–H and O–H groups in total. The zero-order valence-electron chi connectivity index (χ0n) is 13.6. The van der Waals surface area contributed by atoms with Gasteiger partial charge in [0.2, 0.25) is 9.84 Å². The highest BCUT2D eigenvalue weighted by molar-refractivity contribution is 7.95. The Morgan fingerprint density at radius 3 is 2.76 bits per heavy atom. The van der Waals surface area contributed by atoms with Crippen molar-refractivity contribution in [2.45, 2.75) is 31.0 Å². The molecule has 2 aromatic rings. The van der Waals surface area contributed by atoms with Crippen molar-refractivity contribution in [2.24, 2.45) is 0 Å². The van der Waals surface area contributed by atoms with E-state index in [2.05, 4.69) is 4.98 Å². The summed E-state index contributed by atoms with van der Waals surface area (Å²) in [5.74, 6) is -0.00949. The van der Waals surface area contributed by atoms with Crippen molar-refractivity contribution in [2.75, 3.05) is 0 Å². The van der Waals surface area contributed by atoms with Crippen LogP contribution < -0.4 is 0 Å². The second kappa shape index (κ2) is 7.90. The predicted octanol–water partition coefficient (Wildman–Crippen LogP) is 3.42.